The van der Waals surface area contributed by atoms with Crippen LogP contribution in [0.25, 0.3) is 0 Å². The van der Waals surface area contributed by atoms with Crippen LogP contribution in [-0.2, 0) is 6.42 Å². The molecule has 0 aromatic carbocycles. The Bertz CT molecular complexity index is 453. The molecule has 0 saturated heterocycles. The fourth-order valence-electron chi connectivity index (χ4n) is 3.23. The van der Waals surface area contributed by atoms with E-state index in [0.717, 1.165) is 30.8 Å². The van der Waals surface area contributed by atoms with Gasteiger partial charge in [-0.05, 0) is 51.5 Å². The maximum Gasteiger partial charge on any atom is 0.128 e. The number of rotatable bonds is 7. The number of hydrogen-bond acceptors (Lipinski definition) is 3. The van der Waals surface area contributed by atoms with E-state index in [4.69, 9.17) is 4.74 Å². The van der Waals surface area contributed by atoms with Gasteiger partial charge in [-0.25, -0.2) is 0 Å². The van der Waals surface area contributed by atoms with Crippen LogP contribution >= 0.6 is 0 Å². The van der Waals surface area contributed by atoms with Gasteiger partial charge in [-0.1, -0.05) is 13.3 Å². The van der Waals surface area contributed by atoms with Gasteiger partial charge in [0.2, 0.25) is 0 Å². The molecule has 3 heteroatoms. The number of nitrogens with zero attached hydrogens (tertiary/aromatic N) is 1. The van der Waals surface area contributed by atoms with E-state index in [2.05, 4.69) is 31.1 Å². The average molecular weight is 276 g/mol. The van der Waals surface area contributed by atoms with Crippen molar-refractivity contribution in [3.63, 3.8) is 0 Å². The van der Waals surface area contributed by atoms with Crippen LogP contribution in [0.3, 0.4) is 0 Å². The topological polar surface area (TPSA) is 34.2 Å². The number of aryl methyl sites for hydroxylation is 1. The van der Waals surface area contributed by atoms with Crippen LogP contribution in [-0.4, -0.2) is 25.2 Å². The van der Waals surface area contributed by atoms with Gasteiger partial charge in [-0.2, -0.15) is 0 Å². The number of hydrogen-bond donors (Lipinski definition) is 1. The zero-order valence-electron chi connectivity index (χ0n) is 13.4. The minimum absolute atomic E-state index is 0.424. The van der Waals surface area contributed by atoms with E-state index in [1.807, 2.05) is 6.20 Å². The summed E-state index contributed by atoms with van der Waals surface area (Å²) in [4.78, 5) is 4.67. The van der Waals surface area contributed by atoms with Crippen LogP contribution < -0.4 is 10.1 Å². The molecule has 0 spiro atoms. The van der Waals surface area contributed by atoms with Crippen molar-refractivity contribution in [2.75, 3.05) is 20.2 Å². The second-order valence-corrected chi connectivity index (χ2v) is 6.25. The highest BCUT2D eigenvalue weighted by Crippen LogP contribution is 2.44. The minimum atomic E-state index is 0.424. The maximum atomic E-state index is 5.53. The van der Waals surface area contributed by atoms with Gasteiger partial charge in [0.05, 0.1) is 7.11 Å². The van der Waals surface area contributed by atoms with Crippen molar-refractivity contribution in [1.29, 1.82) is 0 Å². The predicted octanol–water partition coefficient (Wildman–Crippen LogP) is 3.42. The Hall–Kier alpha value is -1.09. The number of nitrogens with one attached hydrogen (secondary N) is 1. The quantitative estimate of drug-likeness (QED) is 0.775. The first kappa shape index (κ1) is 15.3. The third-order valence-electron chi connectivity index (χ3n) is 4.63. The lowest BCUT2D eigenvalue weighted by Crippen LogP contribution is -2.42. The van der Waals surface area contributed by atoms with E-state index in [1.165, 1.54) is 36.9 Å². The van der Waals surface area contributed by atoms with Crippen molar-refractivity contribution < 1.29 is 4.74 Å². The van der Waals surface area contributed by atoms with Gasteiger partial charge in [0.1, 0.15) is 5.75 Å². The molecule has 0 aliphatic heterocycles. The molecule has 1 aromatic rings. The zero-order chi connectivity index (χ0) is 14.6. The summed E-state index contributed by atoms with van der Waals surface area (Å²) in [7, 11) is 1.75. The molecule has 1 heterocycles. The number of methoxy groups -OCH3 is 1. The SMILES string of the molecule is CCCNCC1(Cc2ncc(C)c(OC)c2C)CCC1. The zero-order valence-corrected chi connectivity index (χ0v) is 13.4. The molecule has 3 nitrogen and oxygen atoms in total. The summed E-state index contributed by atoms with van der Waals surface area (Å²) in [5.41, 5.74) is 3.98. The molecule has 2 rings (SSSR count). The third-order valence-corrected chi connectivity index (χ3v) is 4.63. The summed E-state index contributed by atoms with van der Waals surface area (Å²) in [6.45, 7) is 8.66. The molecular formula is C17H28N2O. The standard InChI is InChI=1S/C17H28N2O/c1-5-9-18-12-17(7-6-8-17)10-15-14(3)16(20-4)13(2)11-19-15/h11,18H,5-10,12H2,1-4H3. The van der Waals surface area contributed by atoms with Gasteiger partial charge < -0.3 is 10.1 Å². The number of aromatic nitrogens is 1. The van der Waals surface area contributed by atoms with Gasteiger partial charge in [0, 0.05) is 29.6 Å². The monoisotopic (exact) mass is 276 g/mol. The second kappa shape index (κ2) is 6.57. The van der Waals surface area contributed by atoms with Gasteiger partial charge in [-0.15, -0.1) is 0 Å². The highest BCUT2D eigenvalue weighted by atomic mass is 16.5. The number of pyridine rings is 1. The Kier molecular flexibility index (Phi) is 5.03. The maximum absolute atomic E-state index is 5.53. The molecule has 1 aliphatic carbocycles. The van der Waals surface area contributed by atoms with E-state index < -0.39 is 0 Å². The van der Waals surface area contributed by atoms with Gasteiger partial charge >= 0.3 is 0 Å². The largest absolute Gasteiger partial charge is 0.496 e. The average Bonchev–Trinajstić information content (AvgIpc) is 2.39. The van der Waals surface area contributed by atoms with Crippen molar-refractivity contribution in [1.82, 2.24) is 10.3 Å². The van der Waals surface area contributed by atoms with Gasteiger partial charge in [-0.3, -0.25) is 4.98 Å². The molecule has 0 radical (unpaired) electrons. The summed E-state index contributed by atoms with van der Waals surface area (Å²) in [5.74, 6) is 1.01. The van der Waals surface area contributed by atoms with Gasteiger partial charge in [0.25, 0.3) is 0 Å². The van der Waals surface area contributed by atoms with Crippen molar-refractivity contribution in [3.8, 4) is 5.75 Å². The molecule has 1 saturated carbocycles. The molecule has 20 heavy (non-hydrogen) atoms. The summed E-state index contributed by atoms with van der Waals surface area (Å²) >= 11 is 0. The molecule has 112 valence electrons. The summed E-state index contributed by atoms with van der Waals surface area (Å²) in [6, 6.07) is 0. The highest BCUT2D eigenvalue weighted by Gasteiger charge is 2.37. The Balaban J connectivity index is 2.11. The first-order valence-corrected chi connectivity index (χ1v) is 7.81. The lowest BCUT2D eigenvalue weighted by Gasteiger charge is -2.42. The van der Waals surface area contributed by atoms with Crippen LogP contribution in [0.1, 0.15) is 49.4 Å². The molecular weight excluding hydrogens is 248 g/mol. The summed E-state index contributed by atoms with van der Waals surface area (Å²) < 4.78 is 5.53. The summed E-state index contributed by atoms with van der Waals surface area (Å²) in [5, 5.41) is 3.60. The van der Waals surface area contributed by atoms with Crippen LogP contribution in [0.4, 0.5) is 0 Å². The van der Waals surface area contributed by atoms with Crippen molar-refractivity contribution in [3.05, 3.63) is 23.0 Å². The van der Waals surface area contributed by atoms with Crippen molar-refractivity contribution in [2.45, 2.75) is 52.9 Å². The predicted molar refractivity (Wildman–Crippen MR) is 83.4 cm³/mol. The molecule has 0 atom stereocenters. The molecule has 1 aromatic heterocycles. The van der Waals surface area contributed by atoms with E-state index >= 15 is 0 Å². The molecule has 1 aliphatic rings. The molecule has 0 unspecified atom stereocenters. The Morgan fingerprint density at radius 3 is 2.65 bits per heavy atom. The first-order chi connectivity index (χ1) is 9.62. The summed E-state index contributed by atoms with van der Waals surface area (Å²) in [6.07, 6.45) is 8.23. The van der Waals surface area contributed by atoms with Crippen LogP contribution in [0.5, 0.6) is 5.75 Å². The normalized spacial score (nSPS) is 16.8. The van der Waals surface area contributed by atoms with E-state index in [9.17, 15) is 0 Å². The first-order valence-electron chi connectivity index (χ1n) is 7.81. The smallest absolute Gasteiger partial charge is 0.128 e. The number of ether oxygens (including phenoxy) is 1. The van der Waals surface area contributed by atoms with E-state index in [1.54, 1.807) is 7.11 Å². The van der Waals surface area contributed by atoms with Crippen molar-refractivity contribution >= 4 is 0 Å². The van der Waals surface area contributed by atoms with Crippen LogP contribution in [0, 0.1) is 19.3 Å². The van der Waals surface area contributed by atoms with Crippen LogP contribution in [0.15, 0.2) is 6.20 Å². The van der Waals surface area contributed by atoms with E-state index in [0.29, 0.717) is 5.41 Å². The molecule has 0 amide bonds. The minimum Gasteiger partial charge on any atom is -0.496 e. The lowest BCUT2D eigenvalue weighted by atomic mass is 9.65. The Morgan fingerprint density at radius 2 is 2.10 bits per heavy atom. The van der Waals surface area contributed by atoms with E-state index in [-0.39, 0.29) is 0 Å². The third kappa shape index (κ3) is 3.14. The fraction of sp³-hybridized carbons (Fsp3) is 0.706. The second-order valence-electron chi connectivity index (χ2n) is 6.25. The fourth-order valence-corrected chi connectivity index (χ4v) is 3.23. The molecule has 0 bridgehead atoms. The molecule has 1 fully saturated rings. The van der Waals surface area contributed by atoms with Crippen LogP contribution in [0.2, 0.25) is 0 Å². The van der Waals surface area contributed by atoms with Crippen molar-refractivity contribution in [2.24, 2.45) is 5.41 Å². The molecule has 1 N–H and O–H groups in total. The Morgan fingerprint density at radius 1 is 1.35 bits per heavy atom. The van der Waals surface area contributed by atoms with Gasteiger partial charge in [0.15, 0.2) is 0 Å². The Labute approximate surface area is 123 Å². The highest BCUT2D eigenvalue weighted by molar-refractivity contribution is 5.41. The lowest BCUT2D eigenvalue weighted by molar-refractivity contribution is 0.128.